The molecule has 0 aliphatic carbocycles. The summed E-state index contributed by atoms with van der Waals surface area (Å²) in [5.74, 6) is -2.43. The van der Waals surface area contributed by atoms with Gasteiger partial charge >= 0.3 is 5.97 Å². The van der Waals surface area contributed by atoms with Crippen LogP contribution in [0.25, 0.3) is 16.8 Å². The molecule has 0 aliphatic rings. The molecule has 0 amide bonds. The Morgan fingerprint density at radius 2 is 2.10 bits per heavy atom. The van der Waals surface area contributed by atoms with Crippen molar-refractivity contribution in [3.8, 4) is 17.0 Å². The maximum Gasteiger partial charge on any atom is 0.356 e. The molecule has 106 valence electrons. The lowest BCUT2D eigenvalue weighted by atomic mass is 10.1. The number of hydrogen-bond acceptors (Lipinski definition) is 4. The highest BCUT2D eigenvalue weighted by Gasteiger charge is 2.18. The van der Waals surface area contributed by atoms with Crippen molar-refractivity contribution < 1.29 is 19.4 Å². The van der Waals surface area contributed by atoms with Gasteiger partial charge in [-0.15, -0.1) is 0 Å². The van der Waals surface area contributed by atoms with Gasteiger partial charge in [-0.3, -0.25) is 4.79 Å². The molecule has 8 heteroatoms. The molecule has 1 aromatic carbocycles. The highest BCUT2D eigenvalue weighted by Crippen LogP contribution is 2.26. The Morgan fingerprint density at radius 3 is 2.76 bits per heavy atom. The van der Waals surface area contributed by atoms with Crippen molar-refractivity contribution in [2.75, 3.05) is 0 Å². The molecule has 0 unspecified atom stereocenters. The van der Waals surface area contributed by atoms with E-state index in [-0.39, 0.29) is 22.5 Å². The molecule has 0 bridgehead atoms. The Bertz CT molecular complexity index is 929. The van der Waals surface area contributed by atoms with Crippen molar-refractivity contribution in [2.24, 2.45) is 0 Å². The Balaban J connectivity index is 2.34. The van der Waals surface area contributed by atoms with Gasteiger partial charge in [-0.1, -0.05) is 12.1 Å². The zero-order chi connectivity index (χ0) is 15.1. The van der Waals surface area contributed by atoms with E-state index in [4.69, 9.17) is 5.11 Å². The third-order valence-corrected chi connectivity index (χ3v) is 2.93. The molecule has 0 spiro atoms. The number of fused-ring (bicyclic) bond motifs is 1. The Labute approximate surface area is 115 Å². The number of carboxylic acid groups (broad SMARTS) is 1. The second kappa shape index (κ2) is 4.44. The molecule has 0 saturated heterocycles. The first kappa shape index (κ1) is 12.9. The number of carbonyl (C=O) groups is 1. The maximum absolute atomic E-state index is 13.2. The van der Waals surface area contributed by atoms with Crippen LogP contribution in [-0.4, -0.2) is 30.8 Å². The standard InChI is InChI=1S/C13H8FN3O4/c14-7-3-1-2-6(4-7)10-11(18)15-9-5-8(13(20)21)16-17(9)12(10)19/h1-5,19H,(H,15,18)(H,20,21). The van der Waals surface area contributed by atoms with Gasteiger partial charge in [0.25, 0.3) is 5.56 Å². The van der Waals surface area contributed by atoms with E-state index in [9.17, 15) is 19.1 Å². The number of carboxylic acids is 1. The lowest BCUT2D eigenvalue weighted by molar-refractivity contribution is 0.0690. The predicted octanol–water partition coefficient (Wildman–Crippen LogP) is 1.23. The van der Waals surface area contributed by atoms with Crippen LogP contribution in [0.1, 0.15) is 10.5 Å². The average molecular weight is 289 g/mol. The monoisotopic (exact) mass is 289 g/mol. The van der Waals surface area contributed by atoms with Crippen molar-refractivity contribution in [3.05, 3.63) is 52.2 Å². The van der Waals surface area contributed by atoms with Crippen LogP contribution in [0.2, 0.25) is 0 Å². The molecule has 21 heavy (non-hydrogen) atoms. The molecule has 3 aromatic rings. The number of aromatic carboxylic acids is 1. The van der Waals surface area contributed by atoms with Crippen LogP contribution >= 0.6 is 0 Å². The molecule has 7 nitrogen and oxygen atoms in total. The lowest BCUT2D eigenvalue weighted by Gasteiger charge is -2.05. The molecule has 3 N–H and O–H groups in total. The topological polar surface area (TPSA) is 108 Å². The minimum Gasteiger partial charge on any atom is -0.493 e. The van der Waals surface area contributed by atoms with Crippen molar-refractivity contribution in [1.29, 1.82) is 0 Å². The Kier molecular flexibility index (Phi) is 2.72. The van der Waals surface area contributed by atoms with E-state index in [1.54, 1.807) is 0 Å². The van der Waals surface area contributed by atoms with Gasteiger partial charge in [0.2, 0.25) is 5.88 Å². The number of rotatable bonds is 2. The van der Waals surface area contributed by atoms with Crippen molar-refractivity contribution in [3.63, 3.8) is 0 Å². The molecule has 2 heterocycles. The molecular formula is C13H8FN3O4. The van der Waals surface area contributed by atoms with E-state index >= 15 is 0 Å². The fourth-order valence-electron chi connectivity index (χ4n) is 2.03. The largest absolute Gasteiger partial charge is 0.493 e. The second-order valence-corrected chi connectivity index (χ2v) is 4.29. The SMILES string of the molecule is O=C(O)c1cc2[nH]c(=O)c(-c3cccc(F)c3)c(O)n2n1. The summed E-state index contributed by atoms with van der Waals surface area (Å²) in [5.41, 5.74) is -1.03. The molecule has 0 saturated carbocycles. The second-order valence-electron chi connectivity index (χ2n) is 4.29. The van der Waals surface area contributed by atoms with Crippen LogP contribution in [0.5, 0.6) is 5.88 Å². The van der Waals surface area contributed by atoms with Crippen LogP contribution in [0, 0.1) is 5.82 Å². The number of hydrogen-bond donors (Lipinski definition) is 3. The molecular weight excluding hydrogens is 281 g/mol. The summed E-state index contributed by atoms with van der Waals surface area (Å²) in [6.07, 6.45) is 0. The number of nitrogens with one attached hydrogen (secondary N) is 1. The minimum atomic E-state index is -1.30. The van der Waals surface area contributed by atoms with E-state index < -0.39 is 23.2 Å². The smallest absolute Gasteiger partial charge is 0.356 e. The summed E-state index contributed by atoms with van der Waals surface area (Å²) >= 11 is 0. The number of H-pyrrole nitrogens is 1. The summed E-state index contributed by atoms with van der Waals surface area (Å²) in [6, 6.07) is 6.22. The number of benzene rings is 1. The molecule has 0 atom stereocenters. The third-order valence-electron chi connectivity index (χ3n) is 2.93. The Morgan fingerprint density at radius 1 is 1.33 bits per heavy atom. The van der Waals surface area contributed by atoms with E-state index in [0.29, 0.717) is 0 Å². The number of nitrogens with zero attached hydrogens (tertiary/aromatic N) is 2. The number of halogens is 1. The molecule has 0 radical (unpaired) electrons. The number of aromatic nitrogens is 3. The fourth-order valence-corrected chi connectivity index (χ4v) is 2.03. The fraction of sp³-hybridized carbons (Fsp3) is 0. The maximum atomic E-state index is 13.2. The van der Waals surface area contributed by atoms with Crippen LogP contribution < -0.4 is 5.56 Å². The van der Waals surface area contributed by atoms with Crippen molar-refractivity contribution >= 4 is 11.6 Å². The van der Waals surface area contributed by atoms with Crippen LogP contribution in [-0.2, 0) is 0 Å². The third kappa shape index (κ3) is 2.02. The van der Waals surface area contributed by atoms with Crippen molar-refractivity contribution in [1.82, 2.24) is 14.6 Å². The number of aromatic amines is 1. The Hall–Kier alpha value is -3.16. The summed E-state index contributed by atoms with van der Waals surface area (Å²) in [6.45, 7) is 0. The first-order valence-electron chi connectivity index (χ1n) is 5.81. The quantitative estimate of drug-likeness (QED) is 0.657. The molecule has 3 rings (SSSR count). The highest BCUT2D eigenvalue weighted by molar-refractivity contribution is 5.87. The van der Waals surface area contributed by atoms with Crippen LogP contribution in [0.15, 0.2) is 35.1 Å². The van der Waals surface area contributed by atoms with Gasteiger partial charge in [0.15, 0.2) is 5.69 Å². The first-order valence-corrected chi connectivity index (χ1v) is 5.81. The first-order chi connectivity index (χ1) is 9.97. The lowest BCUT2D eigenvalue weighted by Crippen LogP contribution is -2.12. The van der Waals surface area contributed by atoms with Crippen molar-refractivity contribution in [2.45, 2.75) is 0 Å². The van der Waals surface area contributed by atoms with Gasteiger partial charge in [-0.05, 0) is 17.7 Å². The highest BCUT2D eigenvalue weighted by atomic mass is 19.1. The van der Waals surface area contributed by atoms with Crippen LogP contribution in [0.3, 0.4) is 0 Å². The van der Waals surface area contributed by atoms with E-state index in [2.05, 4.69) is 10.1 Å². The molecule has 0 fully saturated rings. The summed E-state index contributed by atoms with van der Waals surface area (Å²) in [4.78, 5) is 25.3. The van der Waals surface area contributed by atoms with Gasteiger partial charge in [0.1, 0.15) is 17.0 Å². The normalized spacial score (nSPS) is 10.9. The van der Waals surface area contributed by atoms with E-state index in [1.807, 2.05) is 0 Å². The van der Waals surface area contributed by atoms with E-state index in [1.165, 1.54) is 18.2 Å². The molecule has 0 aliphatic heterocycles. The van der Waals surface area contributed by atoms with E-state index in [0.717, 1.165) is 16.6 Å². The van der Waals surface area contributed by atoms with Gasteiger partial charge in [0.05, 0.1) is 0 Å². The zero-order valence-corrected chi connectivity index (χ0v) is 10.4. The molecule has 2 aromatic heterocycles. The summed E-state index contributed by atoms with van der Waals surface area (Å²) in [5, 5.41) is 22.7. The summed E-state index contributed by atoms with van der Waals surface area (Å²) < 4.78 is 14.1. The zero-order valence-electron chi connectivity index (χ0n) is 10.4. The van der Waals surface area contributed by atoms with Crippen LogP contribution in [0.4, 0.5) is 4.39 Å². The van der Waals surface area contributed by atoms with Gasteiger partial charge < -0.3 is 15.2 Å². The predicted molar refractivity (Wildman–Crippen MR) is 69.8 cm³/mol. The number of aromatic hydroxyl groups is 1. The van der Waals surface area contributed by atoms with Gasteiger partial charge in [-0.2, -0.15) is 9.61 Å². The summed E-state index contributed by atoms with van der Waals surface area (Å²) in [7, 11) is 0. The average Bonchev–Trinajstić information content (AvgIpc) is 2.83. The van der Waals surface area contributed by atoms with Gasteiger partial charge in [-0.25, -0.2) is 9.18 Å². The van der Waals surface area contributed by atoms with Gasteiger partial charge in [0, 0.05) is 6.07 Å². The minimum absolute atomic E-state index is 0.0232.